The number of hydrogen-bond donors (Lipinski definition) is 2. The molecule has 4 rings (SSSR count). The van der Waals surface area contributed by atoms with Gasteiger partial charge in [-0.3, -0.25) is 0 Å². The molecule has 0 aromatic carbocycles. The molecule has 0 aromatic heterocycles. The van der Waals surface area contributed by atoms with Gasteiger partial charge in [0.25, 0.3) is 0 Å². The molecule has 0 spiro atoms. The van der Waals surface area contributed by atoms with E-state index in [9.17, 15) is 10.2 Å². The summed E-state index contributed by atoms with van der Waals surface area (Å²) >= 11 is 0. The van der Waals surface area contributed by atoms with Gasteiger partial charge in [0.2, 0.25) is 0 Å². The maximum Gasteiger partial charge on any atom is 0.0596 e. The van der Waals surface area contributed by atoms with Gasteiger partial charge in [-0.15, -0.1) is 0 Å². The van der Waals surface area contributed by atoms with E-state index in [1.165, 1.54) is 38.5 Å². The number of aliphatic hydroxyl groups excluding tert-OH is 2. The standard InChI is InChI=1S/C19H32O2/c1-18-9-7-13(20)11-12(18)3-4-14-15-5-6-17(21)19(15,2)10-8-16(14)18/h12-17,20-21H,3-11H2,1-2H3/t12-,13-,14+,15-,16+,17+,18-,19+/m1/s1. The van der Waals surface area contributed by atoms with E-state index in [1.54, 1.807) is 0 Å². The zero-order valence-corrected chi connectivity index (χ0v) is 13.7. The molecule has 0 radical (unpaired) electrons. The van der Waals surface area contributed by atoms with Gasteiger partial charge >= 0.3 is 0 Å². The molecule has 2 N–H and O–H groups in total. The van der Waals surface area contributed by atoms with Gasteiger partial charge in [0.05, 0.1) is 12.2 Å². The summed E-state index contributed by atoms with van der Waals surface area (Å²) in [6.45, 7) is 4.90. The van der Waals surface area contributed by atoms with Gasteiger partial charge in [0.15, 0.2) is 0 Å². The van der Waals surface area contributed by atoms with Crippen LogP contribution < -0.4 is 0 Å². The smallest absolute Gasteiger partial charge is 0.0596 e. The zero-order chi connectivity index (χ0) is 14.8. The second kappa shape index (κ2) is 4.71. The molecule has 0 saturated heterocycles. The largest absolute Gasteiger partial charge is 0.393 e. The maximum atomic E-state index is 10.5. The van der Waals surface area contributed by atoms with Gasteiger partial charge in [0, 0.05) is 0 Å². The van der Waals surface area contributed by atoms with Crippen LogP contribution in [-0.2, 0) is 0 Å². The Labute approximate surface area is 129 Å². The van der Waals surface area contributed by atoms with Crippen molar-refractivity contribution in [3.05, 3.63) is 0 Å². The van der Waals surface area contributed by atoms with Crippen molar-refractivity contribution in [2.45, 2.75) is 83.8 Å². The van der Waals surface area contributed by atoms with E-state index < -0.39 is 0 Å². The van der Waals surface area contributed by atoms with Crippen LogP contribution in [0.5, 0.6) is 0 Å². The Morgan fingerprint density at radius 2 is 1.48 bits per heavy atom. The third-order valence-corrected chi connectivity index (χ3v) is 8.59. The molecule has 0 aromatic rings. The van der Waals surface area contributed by atoms with Crippen molar-refractivity contribution < 1.29 is 10.2 Å². The molecule has 0 heterocycles. The molecule has 0 unspecified atom stereocenters. The minimum atomic E-state index is -0.0536. The Bertz CT molecular complexity index is 422. The van der Waals surface area contributed by atoms with Crippen LogP contribution in [-0.4, -0.2) is 22.4 Å². The Morgan fingerprint density at radius 3 is 2.29 bits per heavy atom. The summed E-state index contributed by atoms with van der Waals surface area (Å²) in [4.78, 5) is 0. The zero-order valence-electron chi connectivity index (χ0n) is 13.7. The first kappa shape index (κ1) is 14.5. The molecule has 4 aliphatic carbocycles. The average molecular weight is 292 g/mol. The molecule has 2 heteroatoms. The van der Waals surface area contributed by atoms with Crippen LogP contribution in [0.4, 0.5) is 0 Å². The first-order valence-electron chi connectivity index (χ1n) is 9.31. The van der Waals surface area contributed by atoms with Crippen molar-refractivity contribution in [2.75, 3.05) is 0 Å². The molecular weight excluding hydrogens is 260 g/mol. The molecule has 120 valence electrons. The minimum Gasteiger partial charge on any atom is -0.393 e. The molecule has 0 amide bonds. The van der Waals surface area contributed by atoms with E-state index in [-0.39, 0.29) is 17.6 Å². The van der Waals surface area contributed by atoms with Crippen molar-refractivity contribution in [2.24, 2.45) is 34.5 Å². The van der Waals surface area contributed by atoms with Crippen LogP contribution in [0, 0.1) is 34.5 Å². The highest BCUT2D eigenvalue weighted by Crippen LogP contribution is 2.66. The maximum absolute atomic E-state index is 10.5. The lowest BCUT2D eigenvalue weighted by Crippen LogP contribution is -2.54. The summed E-state index contributed by atoms with van der Waals surface area (Å²) in [5.74, 6) is 3.21. The molecule has 4 fully saturated rings. The fraction of sp³-hybridized carbons (Fsp3) is 1.00. The minimum absolute atomic E-state index is 0.0400. The summed E-state index contributed by atoms with van der Waals surface area (Å²) in [6, 6.07) is 0. The summed E-state index contributed by atoms with van der Waals surface area (Å²) in [5, 5.41) is 20.5. The highest BCUT2D eigenvalue weighted by Gasteiger charge is 2.59. The van der Waals surface area contributed by atoms with Crippen LogP contribution >= 0.6 is 0 Å². The van der Waals surface area contributed by atoms with Gasteiger partial charge in [-0.1, -0.05) is 13.8 Å². The fourth-order valence-corrected chi connectivity index (χ4v) is 7.21. The SMILES string of the molecule is C[C@]12CC[C@H]3[C@@H](CC[C@@H]4C[C@H](O)CC[C@]43C)[C@H]1CC[C@@H]2O. The van der Waals surface area contributed by atoms with E-state index in [1.807, 2.05) is 0 Å². The summed E-state index contributed by atoms with van der Waals surface area (Å²) in [6.07, 6.45) is 10.7. The predicted molar refractivity (Wildman–Crippen MR) is 83.7 cm³/mol. The predicted octanol–water partition coefficient (Wildman–Crippen LogP) is 3.75. The van der Waals surface area contributed by atoms with Crippen molar-refractivity contribution in [1.82, 2.24) is 0 Å². The fourth-order valence-electron chi connectivity index (χ4n) is 7.21. The summed E-state index contributed by atoms with van der Waals surface area (Å²) in [5.41, 5.74) is 0.676. The van der Waals surface area contributed by atoms with Crippen molar-refractivity contribution in [1.29, 1.82) is 0 Å². The van der Waals surface area contributed by atoms with Crippen molar-refractivity contribution in [3.8, 4) is 0 Å². The lowest BCUT2D eigenvalue weighted by molar-refractivity contribution is -0.133. The Kier molecular flexibility index (Phi) is 3.25. The Balaban J connectivity index is 1.62. The van der Waals surface area contributed by atoms with Crippen LogP contribution in [0.25, 0.3) is 0 Å². The van der Waals surface area contributed by atoms with Gasteiger partial charge in [0.1, 0.15) is 0 Å². The third-order valence-electron chi connectivity index (χ3n) is 8.59. The monoisotopic (exact) mass is 292 g/mol. The normalized spacial score (nSPS) is 60.0. The second-order valence-electron chi connectivity index (χ2n) is 9.22. The van der Waals surface area contributed by atoms with Gasteiger partial charge < -0.3 is 10.2 Å². The molecule has 0 aliphatic heterocycles. The van der Waals surface area contributed by atoms with Crippen LogP contribution in [0.3, 0.4) is 0 Å². The van der Waals surface area contributed by atoms with E-state index in [4.69, 9.17) is 0 Å². The second-order valence-corrected chi connectivity index (χ2v) is 9.22. The molecule has 21 heavy (non-hydrogen) atoms. The summed E-state index contributed by atoms with van der Waals surface area (Å²) in [7, 11) is 0. The van der Waals surface area contributed by atoms with Crippen LogP contribution in [0.2, 0.25) is 0 Å². The van der Waals surface area contributed by atoms with Gasteiger partial charge in [-0.2, -0.15) is 0 Å². The highest BCUT2D eigenvalue weighted by atomic mass is 16.3. The Hall–Kier alpha value is -0.0800. The van der Waals surface area contributed by atoms with E-state index in [0.717, 1.165) is 42.9 Å². The van der Waals surface area contributed by atoms with E-state index in [2.05, 4.69) is 13.8 Å². The first-order valence-corrected chi connectivity index (χ1v) is 9.31. The topological polar surface area (TPSA) is 40.5 Å². The van der Waals surface area contributed by atoms with Gasteiger partial charge in [-0.05, 0) is 92.3 Å². The molecule has 8 atom stereocenters. The number of fused-ring (bicyclic) bond motifs is 5. The van der Waals surface area contributed by atoms with E-state index in [0.29, 0.717) is 5.41 Å². The number of rotatable bonds is 0. The first-order chi connectivity index (χ1) is 9.95. The Morgan fingerprint density at radius 1 is 0.762 bits per heavy atom. The lowest BCUT2D eigenvalue weighted by Gasteiger charge is -2.60. The summed E-state index contributed by atoms with van der Waals surface area (Å²) < 4.78 is 0. The van der Waals surface area contributed by atoms with Crippen molar-refractivity contribution >= 4 is 0 Å². The number of aliphatic hydroxyl groups is 2. The lowest BCUT2D eigenvalue weighted by atomic mass is 9.45. The van der Waals surface area contributed by atoms with Crippen molar-refractivity contribution in [3.63, 3.8) is 0 Å². The molecule has 4 saturated carbocycles. The van der Waals surface area contributed by atoms with Gasteiger partial charge in [-0.25, -0.2) is 0 Å². The van der Waals surface area contributed by atoms with Crippen LogP contribution in [0.1, 0.15) is 71.6 Å². The quantitative estimate of drug-likeness (QED) is 0.714. The molecular formula is C19H32O2. The molecule has 0 bridgehead atoms. The highest BCUT2D eigenvalue weighted by molar-refractivity contribution is 5.09. The van der Waals surface area contributed by atoms with Crippen LogP contribution in [0.15, 0.2) is 0 Å². The van der Waals surface area contributed by atoms with E-state index >= 15 is 0 Å². The molecule has 4 aliphatic rings. The molecule has 2 nitrogen and oxygen atoms in total. The number of hydrogen-bond acceptors (Lipinski definition) is 2. The average Bonchev–Trinajstić information content (AvgIpc) is 2.76. The third kappa shape index (κ3) is 1.91.